The molecule has 0 bridgehead atoms. The average molecular weight is 432 g/mol. The zero-order chi connectivity index (χ0) is 22.7. The van der Waals surface area contributed by atoms with Gasteiger partial charge in [0.1, 0.15) is 18.8 Å². The van der Waals surface area contributed by atoms with Crippen molar-refractivity contribution < 1.29 is 33.5 Å². The molecule has 2 aromatic rings. The predicted octanol–water partition coefficient (Wildman–Crippen LogP) is 3.03. The van der Waals surface area contributed by atoms with Crippen molar-refractivity contribution in [2.75, 3.05) is 33.5 Å². The van der Waals surface area contributed by atoms with Gasteiger partial charge in [-0.05, 0) is 26.8 Å². The summed E-state index contributed by atoms with van der Waals surface area (Å²) in [5.41, 5.74) is 1.24. The molecule has 0 saturated carbocycles. The molecule has 1 aromatic heterocycles. The zero-order valence-corrected chi connectivity index (χ0v) is 17.8. The number of fused-ring (bicyclic) bond motifs is 1. The second kappa shape index (κ2) is 9.17. The fourth-order valence-electron chi connectivity index (χ4n) is 3.73. The molecule has 0 N–H and O–H groups in total. The Balaban J connectivity index is 1.78. The smallest absolute Gasteiger partial charge is 0.345 e. The Morgan fingerprint density at radius 3 is 2.42 bits per heavy atom. The van der Waals surface area contributed by atoms with E-state index in [1.54, 1.807) is 20.1 Å². The van der Waals surface area contributed by atoms with Crippen LogP contribution in [0.15, 0.2) is 18.2 Å². The summed E-state index contributed by atoms with van der Waals surface area (Å²) in [6.45, 7) is 6.10. The van der Waals surface area contributed by atoms with Crippen molar-refractivity contribution in [2.24, 2.45) is 0 Å². The van der Waals surface area contributed by atoms with Crippen molar-refractivity contribution in [1.29, 1.82) is 0 Å². The van der Waals surface area contributed by atoms with Crippen molar-refractivity contribution in [3.63, 3.8) is 0 Å². The summed E-state index contributed by atoms with van der Waals surface area (Å²) in [7, 11) is 1.60. The molecule has 0 aliphatic carbocycles. The molecule has 0 radical (unpaired) electrons. The number of hydrogen-bond donors (Lipinski definition) is 0. The SMILES string of the molecule is COC[C@@H](C)n1c(C)cc(C(=O)COC(=O)c2cc3c(cc2[N+](=O)[O-])OCCO3)c1C. The number of aryl methyl sites for hydroxylation is 1. The Morgan fingerprint density at radius 1 is 1.16 bits per heavy atom. The second-order valence-corrected chi connectivity index (χ2v) is 7.23. The minimum Gasteiger partial charge on any atom is -0.486 e. The Labute approximate surface area is 178 Å². The number of nitrogens with zero attached hydrogens (tertiary/aromatic N) is 2. The monoisotopic (exact) mass is 432 g/mol. The van der Waals surface area contributed by atoms with E-state index in [9.17, 15) is 19.7 Å². The number of ether oxygens (including phenoxy) is 4. The molecule has 1 atom stereocenters. The largest absolute Gasteiger partial charge is 0.486 e. The van der Waals surface area contributed by atoms with Gasteiger partial charge < -0.3 is 23.5 Å². The number of nitro benzene ring substituents is 1. The molecule has 0 spiro atoms. The van der Waals surface area contributed by atoms with Crippen LogP contribution in [0.5, 0.6) is 11.5 Å². The fourth-order valence-corrected chi connectivity index (χ4v) is 3.73. The molecule has 3 rings (SSSR count). The second-order valence-electron chi connectivity index (χ2n) is 7.23. The normalized spacial score (nSPS) is 13.5. The quantitative estimate of drug-likeness (QED) is 0.270. The van der Waals surface area contributed by atoms with Crippen LogP contribution in [0.3, 0.4) is 0 Å². The molecule has 1 aromatic carbocycles. The molecule has 166 valence electrons. The van der Waals surface area contributed by atoms with Crippen molar-refractivity contribution >= 4 is 17.4 Å². The Kier molecular flexibility index (Phi) is 6.59. The third-order valence-electron chi connectivity index (χ3n) is 5.04. The highest BCUT2D eigenvalue weighted by molar-refractivity contribution is 6.01. The summed E-state index contributed by atoms with van der Waals surface area (Å²) in [6, 6.07) is 4.08. The number of nitro groups is 1. The summed E-state index contributed by atoms with van der Waals surface area (Å²) < 4.78 is 23.0. The van der Waals surface area contributed by atoms with E-state index in [-0.39, 0.29) is 36.3 Å². The number of esters is 1. The molecule has 1 aliphatic heterocycles. The molecule has 10 heteroatoms. The third-order valence-corrected chi connectivity index (χ3v) is 5.04. The molecule has 0 saturated heterocycles. The maximum Gasteiger partial charge on any atom is 0.345 e. The van der Waals surface area contributed by atoms with E-state index in [1.807, 2.05) is 18.4 Å². The van der Waals surface area contributed by atoms with Crippen LogP contribution in [-0.4, -0.2) is 54.8 Å². The van der Waals surface area contributed by atoms with Crippen molar-refractivity contribution in [3.05, 3.63) is 50.8 Å². The maximum atomic E-state index is 12.7. The molecule has 10 nitrogen and oxygen atoms in total. The highest BCUT2D eigenvalue weighted by Gasteiger charge is 2.28. The predicted molar refractivity (Wildman–Crippen MR) is 109 cm³/mol. The van der Waals surface area contributed by atoms with Gasteiger partial charge >= 0.3 is 5.97 Å². The molecule has 0 unspecified atom stereocenters. The highest BCUT2D eigenvalue weighted by atomic mass is 16.6. The minimum absolute atomic E-state index is 0.0227. The summed E-state index contributed by atoms with van der Waals surface area (Å²) in [6.07, 6.45) is 0. The van der Waals surface area contributed by atoms with Crippen molar-refractivity contribution in [3.8, 4) is 11.5 Å². The number of rotatable bonds is 8. The first-order chi connectivity index (χ1) is 14.7. The van der Waals surface area contributed by atoms with Gasteiger partial charge in [-0.2, -0.15) is 0 Å². The summed E-state index contributed by atoms with van der Waals surface area (Å²) >= 11 is 0. The van der Waals surface area contributed by atoms with E-state index >= 15 is 0 Å². The summed E-state index contributed by atoms with van der Waals surface area (Å²) in [5, 5.41) is 11.4. The lowest BCUT2D eigenvalue weighted by molar-refractivity contribution is -0.385. The Hall–Kier alpha value is -3.40. The van der Waals surface area contributed by atoms with Gasteiger partial charge in [-0.1, -0.05) is 0 Å². The number of aromatic nitrogens is 1. The van der Waals surface area contributed by atoms with Gasteiger partial charge in [0.2, 0.25) is 5.78 Å². The van der Waals surface area contributed by atoms with Crippen LogP contribution < -0.4 is 9.47 Å². The number of benzene rings is 1. The van der Waals surface area contributed by atoms with Gasteiger partial charge in [0.15, 0.2) is 18.1 Å². The third kappa shape index (κ3) is 4.53. The van der Waals surface area contributed by atoms with Crippen molar-refractivity contribution in [2.45, 2.75) is 26.8 Å². The van der Waals surface area contributed by atoms with Gasteiger partial charge in [-0.15, -0.1) is 0 Å². The number of carbonyl (C=O) groups excluding carboxylic acids is 2. The van der Waals surface area contributed by atoms with E-state index in [0.717, 1.165) is 17.5 Å². The number of hydrogen-bond acceptors (Lipinski definition) is 8. The lowest BCUT2D eigenvalue weighted by Gasteiger charge is -2.18. The molecule has 2 heterocycles. The van der Waals surface area contributed by atoms with Crippen LogP contribution in [0.2, 0.25) is 0 Å². The molecule has 0 fully saturated rings. The van der Waals surface area contributed by atoms with Gasteiger partial charge in [-0.25, -0.2) is 4.79 Å². The lowest BCUT2D eigenvalue weighted by atomic mass is 10.1. The molecule has 0 amide bonds. The summed E-state index contributed by atoms with van der Waals surface area (Å²) in [4.78, 5) is 35.9. The van der Waals surface area contributed by atoms with Crippen molar-refractivity contribution in [1.82, 2.24) is 4.57 Å². The highest BCUT2D eigenvalue weighted by Crippen LogP contribution is 2.37. The molecular formula is C21H24N2O8. The lowest BCUT2D eigenvalue weighted by Crippen LogP contribution is -2.19. The first-order valence-corrected chi connectivity index (χ1v) is 9.70. The van der Waals surface area contributed by atoms with Crippen LogP contribution >= 0.6 is 0 Å². The first-order valence-electron chi connectivity index (χ1n) is 9.70. The first kappa shape index (κ1) is 22.3. The topological polar surface area (TPSA) is 119 Å². The number of ketones is 1. The number of Topliss-reactive ketones (excluding diaryl/α,β-unsaturated/α-hetero) is 1. The molecular weight excluding hydrogens is 408 g/mol. The zero-order valence-electron chi connectivity index (χ0n) is 17.8. The maximum absolute atomic E-state index is 12.7. The van der Waals surface area contributed by atoms with Crippen LogP contribution in [0.1, 0.15) is 45.1 Å². The molecule has 1 aliphatic rings. The average Bonchev–Trinajstić information content (AvgIpc) is 3.04. The standard InChI is InChI=1S/C21H24N2O8/c1-12-7-15(14(3)22(12)13(2)10-28-4)18(24)11-31-21(25)16-8-19-20(30-6-5-29-19)9-17(16)23(26)27/h7-9,13H,5-6,10-11H2,1-4H3/t13-/m1/s1. The van der Waals surface area contributed by atoms with E-state index in [1.165, 1.54) is 6.07 Å². The summed E-state index contributed by atoms with van der Waals surface area (Å²) in [5.74, 6) is -0.995. The minimum atomic E-state index is -0.987. The van der Waals surface area contributed by atoms with Gasteiger partial charge in [0, 0.05) is 30.1 Å². The number of carbonyl (C=O) groups is 2. The van der Waals surface area contributed by atoms with Gasteiger partial charge in [0.25, 0.3) is 5.69 Å². The van der Waals surface area contributed by atoms with Crippen LogP contribution in [0.25, 0.3) is 0 Å². The fraction of sp³-hybridized carbons (Fsp3) is 0.429. The van der Waals surface area contributed by atoms with E-state index in [2.05, 4.69) is 0 Å². The van der Waals surface area contributed by atoms with Gasteiger partial charge in [-0.3, -0.25) is 14.9 Å². The van der Waals surface area contributed by atoms with Crippen LogP contribution in [-0.2, 0) is 9.47 Å². The van der Waals surface area contributed by atoms with E-state index in [0.29, 0.717) is 12.2 Å². The Morgan fingerprint density at radius 2 is 1.81 bits per heavy atom. The van der Waals surface area contributed by atoms with Crippen LogP contribution in [0.4, 0.5) is 5.69 Å². The van der Waals surface area contributed by atoms with Gasteiger partial charge in [0.05, 0.1) is 23.6 Å². The number of methoxy groups -OCH3 is 1. The Bertz CT molecular complexity index is 1030. The van der Waals surface area contributed by atoms with Crippen LogP contribution in [0, 0.1) is 24.0 Å². The van der Waals surface area contributed by atoms with E-state index < -0.39 is 29.0 Å². The molecule has 31 heavy (non-hydrogen) atoms. The van der Waals surface area contributed by atoms with E-state index in [4.69, 9.17) is 18.9 Å².